The Bertz CT molecular complexity index is 3530. The second kappa shape index (κ2) is 16.0. The number of allylic oxidation sites excluding steroid dienone is 2. The highest BCUT2D eigenvalue weighted by Crippen LogP contribution is 2.36. The quantitative estimate of drug-likeness (QED) is 0.0881. The van der Waals surface area contributed by atoms with Gasteiger partial charge in [0.15, 0.2) is 0 Å². The van der Waals surface area contributed by atoms with Crippen LogP contribution in [0.4, 0.5) is 0 Å². The first kappa shape index (κ1) is 37.8. The van der Waals surface area contributed by atoms with Crippen molar-refractivity contribution in [1.82, 2.24) is 9.13 Å². The van der Waals surface area contributed by atoms with Crippen molar-refractivity contribution in [3.63, 3.8) is 0 Å². The highest BCUT2D eigenvalue weighted by molar-refractivity contribution is 6.09. The van der Waals surface area contributed by atoms with Crippen LogP contribution in [0.25, 0.3) is 84.1 Å². The summed E-state index contributed by atoms with van der Waals surface area (Å²) in [6.07, 6.45) is 9.44. The van der Waals surface area contributed by atoms with E-state index >= 15 is 0 Å². The molecule has 0 amide bonds. The molecule has 11 rings (SSSR count). The van der Waals surface area contributed by atoms with Crippen molar-refractivity contribution in [2.45, 2.75) is 12.3 Å². The van der Waals surface area contributed by atoms with Crippen LogP contribution < -0.4 is 16.3 Å². The molecule has 2 aromatic heterocycles. The predicted molar refractivity (Wildman–Crippen MR) is 266 cm³/mol. The zero-order chi connectivity index (χ0) is 42.3. The maximum Gasteiger partial charge on any atom is 0.130 e. The van der Waals surface area contributed by atoms with Crippen LogP contribution in [-0.4, -0.2) is 15.0 Å². The number of aromatic nitrogens is 2. The van der Waals surface area contributed by atoms with Gasteiger partial charge in [0, 0.05) is 55.8 Å². The second-order valence-electron chi connectivity index (χ2n) is 16.2. The van der Waals surface area contributed by atoms with E-state index < -0.39 is 0 Å². The van der Waals surface area contributed by atoms with Crippen molar-refractivity contribution in [1.29, 1.82) is 0 Å². The van der Waals surface area contributed by atoms with Gasteiger partial charge >= 0.3 is 0 Å². The molecule has 8 aromatic carbocycles. The fourth-order valence-electron chi connectivity index (χ4n) is 9.36. The summed E-state index contributed by atoms with van der Waals surface area (Å²) < 4.78 is 4.76. The monoisotopic (exact) mass is 808 g/mol. The zero-order valence-corrected chi connectivity index (χ0v) is 34.8. The van der Waals surface area contributed by atoms with Crippen LogP contribution >= 0.6 is 0 Å². The second-order valence-corrected chi connectivity index (χ2v) is 16.2. The van der Waals surface area contributed by atoms with Gasteiger partial charge in [0.05, 0.1) is 16.6 Å². The number of hydrogen-bond acceptors (Lipinski definition) is 1. The molecule has 1 atom stereocenters. The topological polar surface area (TPSA) is 48.2 Å². The lowest BCUT2D eigenvalue weighted by molar-refractivity contribution is 0.909. The van der Waals surface area contributed by atoms with E-state index in [0.29, 0.717) is 5.84 Å². The highest BCUT2D eigenvalue weighted by atomic mass is 15.0. The molecule has 10 aromatic rings. The van der Waals surface area contributed by atoms with E-state index in [1.807, 2.05) is 18.3 Å². The fraction of sp³-hybridized carbons (Fsp3) is 0.0339. The Morgan fingerprint density at radius 3 is 1.87 bits per heavy atom. The summed E-state index contributed by atoms with van der Waals surface area (Å²) in [7, 11) is 0. The zero-order valence-electron chi connectivity index (χ0n) is 34.8. The molecule has 2 N–H and O–H groups in total. The predicted octanol–water partition coefficient (Wildman–Crippen LogP) is 12.7. The molecule has 0 spiro atoms. The van der Waals surface area contributed by atoms with E-state index in [2.05, 4.69) is 222 Å². The van der Waals surface area contributed by atoms with Crippen LogP contribution in [0, 0.1) is 0 Å². The number of amidine groups is 1. The van der Waals surface area contributed by atoms with Gasteiger partial charge in [-0.1, -0.05) is 158 Å². The lowest BCUT2D eigenvalue weighted by atomic mass is 9.90. The third-order valence-corrected chi connectivity index (χ3v) is 12.5. The van der Waals surface area contributed by atoms with Crippen LogP contribution in [0.1, 0.15) is 29.0 Å². The molecule has 1 aliphatic carbocycles. The molecule has 4 nitrogen and oxygen atoms in total. The number of fused-ring (bicyclic) bond motifs is 6. The third-order valence-electron chi connectivity index (χ3n) is 12.5. The molecule has 1 aliphatic rings. The van der Waals surface area contributed by atoms with Crippen LogP contribution in [0.3, 0.4) is 0 Å². The number of aliphatic imine (C=N–C) groups is 1. The normalized spacial score (nSPS) is 14.1. The summed E-state index contributed by atoms with van der Waals surface area (Å²) >= 11 is 0. The summed E-state index contributed by atoms with van der Waals surface area (Å²) in [4.78, 5) is 4.73. The fourth-order valence-corrected chi connectivity index (χ4v) is 9.36. The Balaban J connectivity index is 0.880. The molecule has 2 heterocycles. The number of benzene rings is 8. The van der Waals surface area contributed by atoms with Crippen LogP contribution in [0.15, 0.2) is 224 Å². The lowest BCUT2D eigenvalue weighted by Gasteiger charge is -2.15. The van der Waals surface area contributed by atoms with Crippen LogP contribution in [0.2, 0.25) is 0 Å². The minimum Gasteiger partial charge on any atom is -0.383 e. The van der Waals surface area contributed by atoms with Gasteiger partial charge in [0.1, 0.15) is 5.84 Å². The molecular formula is C59H44N4. The molecule has 0 saturated carbocycles. The highest BCUT2D eigenvalue weighted by Gasteiger charge is 2.19. The molecule has 0 radical (unpaired) electrons. The average Bonchev–Trinajstić information content (AvgIpc) is 3.87. The average molecular weight is 809 g/mol. The van der Waals surface area contributed by atoms with E-state index in [0.717, 1.165) is 39.9 Å². The van der Waals surface area contributed by atoms with Crippen LogP contribution in [-0.2, 0) is 0 Å². The van der Waals surface area contributed by atoms with E-state index in [4.69, 9.17) is 10.7 Å². The van der Waals surface area contributed by atoms with Gasteiger partial charge < -0.3 is 14.9 Å². The van der Waals surface area contributed by atoms with Gasteiger partial charge in [-0.25, -0.2) is 4.99 Å². The number of rotatable bonds is 9. The summed E-state index contributed by atoms with van der Waals surface area (Å²) in [6, 6.07) is 71.2. The number of para-hydroxylation sites is 3. The lowest BCUT2D eigenvalue weighted by Crippen LogP contribution is -2.31. The SMILES string of the molecule is C=C/C(=C\N=C(/N)c1ccc(-n2c3c(c4ccccc42)=CC(c2ccc4c(c2)c2ccccc2n4-c2ccccc2)CC=3)cc1)c1cccc(-c2ccc(-c3ccccc3)cc2)c1. The van der Waals surface area contributed by atoms with Gasteiger partial charge in [-0.2, -0.15) is 0 Å². The molecule has 0 fully saturated rings. The summed E-state index contributed by atoms with van der Waals surface area (Å²) in [5.41, 5.74) is 21.3. The van der Waals surface area contributed by atoms with Crippen molar-refractivity contribution in [2.24, 2.45) is 10.7 Å². The van der Waals surface area contributed by atoms with E-state index in [9.17, 15) is 0 Å². The Kier molecular flexibility index (Phi) is 9.59. The Morgan fingerprint density at radius 1 is 0.524 bits per heavy atom. The van der Waals surface area contributed by atoms with Gasteiger partial charge in [0.25, 0.3) is 0 Å². The minimum atomic E-state index is 0.251. The first-order chi connectivity index (χ1) is 31.1. The Morgan fingerprint density at radius 2 is 1.13 bits per heavy atom. The van der Waals surface area contributed by atoms with Crippen molar-refractivity contribution in [2.75, 3.05) is 0 Å². The van der Waals surface area contributed by atoms with Gasteiger partial charge in [0.2, 0.25) is 0 Å². The number of hydrogen-bond donors (Lipinski definition) is 1. The maximum absolute atomic E-state index is 6.65. The Labute approximate surface area is 366 Å². The van der Waals surface area contributed by atoms with E-state index in [1.165, 1.54) is 65.7 Å². The standard InChI is InChI=1S/C59H44N4/c1-2-40(45-16-13-17-46(36-45)43-26-24-42(25-27-43)41-14-5-3-6-15-41)39-61-59(60)44-28-32-50(33-29-44)63-56-23-12-10-21-52(56)54-38-48(31-35-58(54)63)47-30-34-57-53(37-47)51-20-9-11-22-55(51)62(57)49-18-7-4-8-19-49/h2-30,32-39,48H,1,31H2,(H2,60,61)/b40-39+. The molecule has 63 heavy (non-hydrogen) atoms. The van der Waals surface area contributed by atoms with Gasteiger partial charge in [-0.05, 0) is 112 Å². The van der Waals surface area contributed by atoms with Crippen molar-refractivity contribution >= 4 is 56.3 Å². The summed E-state index contributed by atoms with van der Waals surface area (Å²) in [5, 5.41) is 6.29. The van der Waals surface area contributed by atoms with Crippen molar-refractivity contribution in [3.8, 4) is 33.6 Å². The third kappa shape index (κ3) is 6.88. The summed E-state index contributed by atoms with van der Waals surface area (Å²) in [5.74, 6) is 0.695. The van der Waals surface area contributed by atoms with Crippen LogP contribution in [0.5, 0.6) is 0 Å². The molecular weight excluding hydrogens is 765 g/mol. The molecule has 0 bridgehead atoms. The largest absolute Gasteiger partial charge is 0.383 e. The van der Waals surface area contributed by atoms with Crippen molar-refractivity contribution in [3.05, 3.63) is 246 Å². The van der Waals surface area contributed by atoms with E-state index in [-0.39, 0.29) is 5.92 Å². The van der Waals surface area contributed by atoms with Gasteiger partial charge in [-0.15, -0.1) is 0 Å². The Hall–Kier alpha value is -8.21. The number of nitrogens with zero attached hydrogens (tertiary/aromatic N) is 3. The molecule has 0 aliphatic heterocycles. The number of nitrogens with two attached hydrogens (primary N) is 1. The molecule has 0 saturated heterocycles. The first-order valence-electron chi connectivity index (χ1n) is 21.5. The first-order valence-corrected chi connectivity index (χ1v) is 21.5. The van der Waals surface area contributed by atoms with Gasteiger partial charge in [-0.3, -0.25) is 0 Å². The van der Waals surface area contributed by atoms with E-state index in [1.54, 1.807) is 0 Å². The summed E-state index contributed by atoms with van der Waals surface area (Å²) in [6.45, 7) is 4.10. The minimum absolute atomic E-state index is 0.251. The maximum atomic E-state index is 6.65. The molecule has 300 valence electrons. The van der Waals surface area contributed by atoms with Crippen molar-refractivity contribution < 1.29 is 0 Å². The molecule has 4 heteroatoms. The smallest absolute Gasteiger partial charge is 0.130 e. The molecule has 1 unspecified atom stereocenters.